The van der Waals surface area contributed by atoms with Crippen molar-refractivity contribution in [2.45, 2.75) is 43.1 Å². The number of nitrogens with zero attached hydrogens (tertiary/aromatic N) is 3. The van der Waals surface area contributed by atoms with Crippen molar-refractivity contribution in [1.29, 1.82) is 0 Å². The quantitative estimate of drug-likeness (QED) is 0.250. The molecule has 1 aliphatic rings. The monoisotopic (exact) mass is 632 g/mol. The Balaban J connectivity index is 1.29. The second kappa shape index (κ2) is 12.8. The normalized spacial score (nSPS) is 15.3. The maximum atomic E-state index is 13.5. The van der Waals surface area contributed by atoms with E-state index in [1.807, 2.05) is 0 Å². The number of rotatable bonds is 10. The second-order valence-corrected chi connectivity index (χ2v) is 11.6. The molecule has 0 unspecified atom stereocenters. The van der Waals surface area contributed by atoms with Crippen LogP contribution in [0.4, 0.5) is 26.3 Å². The van der Waals surface area contributed by atoms with Gasteiger partial charge in [0.15, 0.2) is 5.69 Å². The van der Waals surface area contributed by atoms with Crippen LogP contribution >= 0.6 is 0 Å². The van der Waals surface area contributed by atoms with Crippen LogP contribution in [0.5, 0.6) is 5.75 Å². The summed E-state index contributed by atoms with van der Waals surface area (Å²) in [7, 11) is -4.34. The fraction of sp³-hybridized carbons (Fsp3) is 0.370. The zero-order valence-electron chi connectivity index (χ0n) is 22.4. The highest BCUT2D eigenvalue weighted by Crippen LogP contribution is 2.34. The van der Waals surface area contributed by atoms with Gasteiger partial charge in [0.05, 0.1) is 11.3 Å². The van der Waals surface area contributed by atoms with E-state index in [1.54, 1.807) is 18.2 Å². The fourth-order valence-corrected chi connectivity index (χ4v) is 6.24. The van der Waals surface area contributed by atoms with Gasteiger partial charge in [-0.25, -0.2) is 13.1 Å². The lowest BCUT2D eigenvalue weighted by Gasteiger charge is -2.31. The van der Waals surface area contributed by atoms with Gasteiger partial charge in [0.2, 0.25) is 10.0 Å². The Morgan fingerprint density at radius 3 is 2.21 bits per heavy atom. The Morgan fingerprint density at radius 2 is 1.58 bits per heavy atom. The van der Waals surface area contributed by atoms with E-state index in [0.29, 0.717) is 5.69 Å². The third kappa shape index (κ3) is 7.93. The molecule has 1 N–H and O–H groups in total. The van der Waals surface area contributed by atoms with Crippen molar-refractivity contribution in [3.05, 3.63) is 72.1 Å². The summed E-state index contributed by atoms with van der Waals surface area (Å²) < 4.78 is 111. The number of nitrogens with one attached hydrogen (secondary N) is 1. The van der Waals surface area contributed by atoms with Crippen molar-refractivity contribution < 1.29 is 49.1 Å². The zero-order valence-corrected chi connectivity index (χ0v) is 23.2. The Hall–Kier alpha value is -3.92. The Kier molecular flexibility index (Phi) is 9.49. The average Bonchev–Trinajstić information content (AvgIpc) is 3.42. The summed E-state index contributed by atoms with van der Waals surface area (Å²) in [5.74, 6) is -2.61. The van der Waals surface area contributed by atoms with Crippen LogP contribution < -0.4 is 10.1 Å². The molecule has 1 saturated heterocycles. The summed E-state index contributed by atoms with van der Waals surface area (Å²) in [6, 6.07) is 12.3. The first-order chi connectivity index (χ1) is 20.2. The molecular formula is C27H26F6N4O5S. The summed E-state index contributed by atoms with van der Waals surface area (Å²) in [5.41, 5.74) is -1.69. The molecule has 0 radical (unpaired) electrons. The number of Topliss-reactive ketones (excluding diaryl/α,β-unsaturated/α-hetero) is 1. The van der Waals surface area contributed by atoms with E-state index in [4.69, 9.17) is 0 Å². The van der Waals surface area contributed by atoms with Gasteiger partial charge in [-0.15, -0.1) is 13.2 Å². The number of carbonyl (C=O) groups is 2. The maximum Gasteiger partial charge on any atom is 0.573 e. The van der Waals surface area contributed by atoms with E-state index < -0.39 is 56.3 Å². The van der Waals surface area contributed by atoms with E-state index in [2.05, 4.69) is 15.2 Å². The van der Waals surface area contributed by atoms with Gasteiger partial charge in [-0.05, 0) is 43.5 Å². The minimum Gasteiger partial charge on any atom is -0.404 e. The molecule has 0 aliphatic carbocycles. The SMILES string of the molecule is O=C(NCCCC(=O)C1CCN(S(=O)(=O)c2ccccc2OC(F)(F)F)CC1)c1cn(-c2ccccc2)nc1C(F)(F)F. The van der Waals surface area contributed by atoms with Crippen LogP contribution in [-0.4, -0.2) is 60.2 Å². The number of sulfonamides is 1. The van der Waals surface area contributed by atoms with E-state index in [0.717, 1.165) is 27.3 Å². The molecule has 0 saturated carbocycles. The summed E-state index contributed by atoms with van der Waals surface area (Å²) in [6.07, 6.45) is -8.63. The Bertz CT molecular complexity index is 1550. The molecule has 3 aromatic rings. The van der Waals surface area contributed by atoms with Crippen LogP contribution in [0.2, 0.25) is 0 Å². The summed E-state index contributed by atoms with van der Waals surface area (Å²) in [5, 5.41) is 5.90. The Morgan fingerprint density at radius 1 is 0.953 bits per heavy atom. The second-order valence-electron chi connectivity index (χ2n) is 9.67. The number of halogens is 6. The number of benzene rings is 2. The van der Waals surface area contributed by atoms with Crippen molar-refractivity contribution in [1.82, 2.24) is 19.4 Å². The number of para-hydroxylation sites is 2. The highest BCUT2D eigenvalue weighted by atomic mass is 32.2. The molecule has 4 rings (SSSR count). The van der Waals surface area contributed by atoms with Gasteiger partial charge in [-0.1, -0.05) is 30.3 Å². The molecule has 1 amide bonds. The van der Waals surface area contributed by atoms with E-state index in [9.17, 15) is 44.3 Å². The van der Waals surface area contributed by atoms with Crippen LogP contribution in [0.3, 0.4) is 0 Å². The fourth-order valence-electron chi connectivity index (χ4n) is 4.66. The molecule has 9 nitrogen and oxygen atoms in total. The number of hydrogen-bond acceptors (Lipinski definition) is 6. The zero-order chi connectivity index (χ0) is 31.4. The van der Waals surface area contributed by atoms with Crippen molar-refractivity contribution in [2.75, 3.05) is 19.6 Å². The predicted octanol–water partition coefficient (Wildman–Crippen LogP) is 4.97. The van der Waals surface area contributed by atoms with Crippen LogP contribution in [0, 0.1) is 5.92 Å². The lowest BCUT2D eigenvalue weighted by molar-refractivity contribution is -0.275. The number of carbonyl (C=O) groups excluding carboxylic acids is 2. The van der Waals surface area contributed by atoms with Gasteiger partial charge in [0.1, 0.15) is 16.4 Å². The summed E-state index contributed by atoms with van der Waals surface area (Å²) in [6.45, 7) is -0.315. The van der Waals surface area contributed by atoms with Crippen LogP contribution in [0.1, 0.15) is 41.7 Å². The molecule has 16 heteroatoms. The van der Waals surface area contributed by atoms with Gasteiger partial charge in [-0.3, -0.25) is 9.59 Å². The molecule has 0 bridgehead atoms. The molecular weight excluding hydrogens is 606 g/mol. The number of ketones is 1. The van der Waals surface area contributed by atoms with Crippen molar-refractivity contribution in [3.63, 3.8) is 0 Å². The van der Waals surface area contributed by atoms with E-state index in [-0.39, 0.29) is 51.1 Å². The first-order valence-corrected chi connectivity index (χ1v) is 14.5. The van der Waals surface area contributed by atoms with E-state index >= 15 is 0 Å². The minimum atomic E-state index is -5.09. The molecule has 1 aliphatic heterocycles. The molecule has 1 aromatic heterocycles. The van der Waals surface area contributed by atoms with Crippen LogP contribution in [0.25, 0.3) is 5.69 Å². The Labute approximate surface area is 242 Å². The smallest absolute Gasteiger partial charge is 0.404 e. The predicted molar refractivity (Wildman–Crippen MR) is 140 cm³/mol. The molecule has 0 atom stereocenters. The summed E-state index contributed by atoms with van der Waals surface area (Å²) >= 11 is 0. The number of aromatic nitrogens is 2. The lowest BCUT2D eigenvalue weighted by Crippen LogP contribution is -2.40. The molecule has 1 fully saturated rings. The molecule has 2 heterocycles. The van der Waals surface area contributed by atoms with Crippen LogP contribution in [-0.2, 0) is 21.0 Å². The number of hydrogen-bond donors (Lipinski definition) is 1. The average molecular weight is 633 g/mol. The van der Waals surface area contributed by atoms with Gasteiger partial charge in [-0.2, -0.15) is 22.6 Å². The molecule has 232 valence electrons. The van der Waals surface area contributed by atoms with Crippen molar-refractivity contribution in [3.8, 4) is 11.4 Å². The topological polar surface area (TPSA) is 111 Å². The standard InChI is InChI=1S/C27H26F6N4O5S/c28-26(29,30)24-20(17-37(35-24)19-7-2-1-3-8-19)25(39)34-14-6-9-21(38)18-12-15-36(16-13-18)43(40,41)23-11-5-4-10-22(23)42-27(31,32)33/h1-5,7-8,10-11,17-18H,6,9,12-16H2,(H,34,39). The summed E-state index contributed by atoms with van der Waals surface area (Å²) in [4.78, 5) is 24.6. The van der Waals surface area contributed by atoms with Crippen molar-refractivity contribution >= 4 is 21.7 Å². The van der Waals surface area contributed by atoms with E-state index in [1.165, 1.54) is 24.3 Å². The van der Waals surface area contributed by atoms with Gasteiger partial charge < -0.3 is 10.1 Å². The van der Waals surface area contributed by atoms with Crippen molar-refractivity contribution in [2.24, 2.45) is 5.92 Å². The number of ether oxygens (including phenoxy) is 1. The third-order valence-electron chi connectivity index (χ3n) is 6.74. The molecule has 43 heavy (non-hydrogen) atoms. The van der Waals surface area contributed by atoms with Gasteiger partial charge in [0, 0.05) is 38.2 Å². The first-order valence-electron chi connectivity index (χ1n) is 13.0. The number of alkyl halides is 6. The first kappa shape index (κ1) is 32.0. The van der Waals surface area contributed by atoms with Crippen LogP contribution in [0.15, 0.2) is 65.7 Å². The lowest BCUT2D eigenvalue weighted by atomic mass is 9.91. The molecule has 2 aromatic carbocycles. The third-order valence-corrected chi connectivity index (χ3v) is 8.67. The highest BCUT2D eigenvalue weighted by Gasteiger charge is 2.40. The highest BCUT2D eigenvalue weighted by molar-refractivity contribution is 7.89. The number of amides is 1. The van der Waals surface area contributed by atoms with Gasteiger partial charge >= 0.3 is 12.5 Å². The largest absolute Gasteiger partial charge is 0.573 e. The maximum absolute atomic E-state index is 13.5. The van der Waals surface area contributed by atoms with Gasteiger partial charge in [0.25, 0.3) is 5.91 Å². The number of piperidine rings is 1. The minimum absolute atomic E-state index is 0.0185. The molecule has 0 spiro atoms.